The highest BCUT2D eigenvalue weighted by Gasteiger charge is 2.35. The number of carbonyl (C=O) groups excluding carboxylic acids is 3. The van der Waals surface area contributed by atoms with E-state index in [4.69, 9.17) is 11.6 Å². The maximum atomic E-state index is 12.4. The lowest BCUT2D eigenvalue weighted by molar-refractivity contribution is -0.143. The van der Waals surface area contributed by atoms with Crippen LogP contribution in [-0.2, 0) is 14.3 Å². The van der Waals surface area contributed by atoms with Crippen molar-refractivity contribution in [1.82, 2.24) is 14.8 Å². The van der Waals surface area contributed by atoms with Gasteiger partial charge in [0.25, 0.3) is 5.91 Å². The number of halogens is 1. The summed E-state index contributed by atoms with van der Waals surface area (Å²) in [6.45, 7) is 3.39. The van der Waals surface area contributed by atoms with Crippen LogP contribution in [0.15, 0.2) is 36.0 Å². The number of rotatable bonds is 4. The van der Waals surface area contributed by atoms with E-state index in [1.54, 1.807) is 12.1 Å². The van der Waals surface area contributed by atoms with Gasteiger partial charge >= 0.3 is 12.0 Å². The summed E-state index contributed by atoms with van der Waals surface area (Å²) in [5.74, 6) is -1.25. The number of nitrogens with one attached hydrogen (secondary N) is 1. The molecule has 1 aliphatic heterocycles. The molecular formula is C19H18ClN3O4. The molecule has 140 valence electrons. The molecule has 0 spiro atoms. The molecule has 1 aliphatic rings. The topological polar surface area (TPSA) is 80.6 Å². The van der Waals surface area contributed by atoms with Gasteiger partial charge in [0.1, 0.15) is 12.2 Å². The van der Waals surface area contributed by atoms with Gasteiger partial charge in [-0.15, -0.1) is 0 Å². The van der Waals surface area contributed by atoms with E-state index in [2.05, 4.69) is 10.1 Å². The molecule has 0 unspecified atom stereocenters. The highest BCUT2D eigenvalue weighted by Crippen LogP contribution is 2.27. The minimum atomic E-state index is -0.670. The Kier molecular flexibility index (Phi) is 5.05. The smallest absolute Gasteiger partial charge is 0.329 e. The van der Waals surface area contributed by atoms with Crippen LogP contribution in [0.3, 0.4) is 0 Å². The second kappa shape index (κ2) is 7.28. The fourth-order valence-corrected chi connectivity index (χ4v) is 3.22. The van der Waals surface area contributed by atoms with Gasteiger partial charge in [-0.1, -0.05) is 23.7 Å². The number of esters is 1. The minimum Gasteiger partial charge on any atom is -0.468 e. The zero-order valence-corrected chi connectivity index (χ0v) is 15.8. The second-order valence-corrected chi connectivity index (χ2v) is 6.48. The number of hydrogen-bond acceptors (Lipinski definition) is 4. The molecule has 0 bridgehead atoms. The number of aryl methyl sites for hydroxylation is 1. The number of amides is 3. The number of carbonyl (C=O) groups is 3. The summed E-state index contributed by atoms with van der Waals surface area (Å²) >= 11 is 6.31. The van der Waals surface area contributed by atoms with E-state index < -0.39 is 24.5 Å². The molecule has 1 N–H and O–H groups in total. The first-order valence-corrected chi connectivity index (χ1v) is 8.56. The quantitative estimate of drug-likeness (QED) is 0.497. The Morgan fingerprint density at radius 3 is 2.63 bits per heavy atom. The molecule has 3 rings (SSSR count). The number of hydrogen-bond donors (Lipinski definition) is 1. The van der Waals surface area contributed by atoms with E-state index in [-0.39, 0.29) is 5.70 Å². The number of nitrogens with zero attached hydrogens (tertiary/aromatic N) is 2. The number of urea groups is 1. The van der Waals surface area contributed by atoms with Crippen molar-refractivity contribution in [3.63, 3.8) is 0 Å². The van der Waals surface area contributed by atoms with Gasteiger partial charge in [-0.2, -0.15) is 0 Å². The van der Waals surface area contributed by atoms with Crippen LogP contribution in [0.25, 0.3) is 11.8 Å². The fourth-order valence-electron chi connectivity index (χ4n) is 3.00. The predicted molar refractivity (Wildman–Crippen MR) is 100 cm³/mol. The zero-order chi connectivity index (χ0) is 19.7. The molecule has 1 saturated heterocycles. The van der Waals surface area contributed by atoms with Gasteiger partial charge in [0.05, 0.1) is 17.8 Å². The van der Waals surface area contributed by atoms with E-state index in [0.29, 0.717) is 5.02 Å². The van der Waals surface area contributed by atoms with Crippen molar-refractivity contribution in [2.45, 2.75) is 13.8 Å². The van der Waals surface area contributed by atoms with Crippen LogP contribution in [0.4, 0.5) is 4.79 Å². The molecule has 27 heavy (non-hydrogen) atoms. The first-order chi connectivity index (χ1) is 12.8. The Bertz CT molecular complexity index is 977. The molecule has 0 aliphatic carbocycles. The van der Waals surface area contributed by atoms with Crippen LogP contribution in [0, 0.1) is 13.8 Å². The lowest BCUT2D eigenvalue weighted by Gasteiger charge is -2.11. The van der Waals surface area contributed by atoms with Gasteiger partial charge < -0.3 is 14.6 Å². The van der Waals surface area contributed by atoms with Crippen LogP contribution in [-0.4, -0.2) is 41.0 Å². The standard InChI is InChI=1S/C19H18ClN3O4/c1-11-8-13(12(2)23(11)16-7-5-4-6-14(16)20)9-15-18(25)22(19(26)21-15)10-17(24)27-3/h4-9H,10H2,1-3H3,(H,21,26)/b15-9+. The molecule has 8 heteroatoms. The summed E-state index contributed by atoms with van der Waals surface area (Å²) in [6, 6.07) is 8.69. The first kappa shape index (κ1) is 18.7. The maximum absolute atomic E-state index is 12.4. The summed E-state index contributed by atoms with van der Waals surface area (Å²) in [5.41, 5.74) is 3.48. The summed E-state index contributed by atoms with van der Waals surface area (Å²) in [4.78, 5) is 36.6. The molecule has 7 nitrogen and oxygen atoms in total. The van der Waals surface area contributed by atoms with Gasteiger partial charge in [-0.05, 0) is 43.7 Å². The number of ether oxygens (including phenoxy) is 1. The minimum absolute atomic E-state index is 0.100. The van der Waals surface area contributed by atoms with Crippen molar-refractivity contribution < 1.29 is 19.1 Å². The van der Waals surface area contributed by atoms with Crippen molar-refractivity contribution in [1.29, 1.82) is 0 Å². The van der Waals surface area contributed by atoms with Crippen molar-refractivity contribution in [2.75, 3.05) is 13.7 Å². The number of benzene rings is 1. The van der Waals surface area contributed by atoms with Crippen molar-refractivity contribution >= 4 is 35.6 Å². The molecule has 2 heterocycles. The third-order valence-electron chi connectivity index (χ3n) is 4.34. The molecule has 3 amide bonds. The van der Waals surface area contributed by atoms with Crippen molar-refractivity contribution in [2.24, 2.45) is 0 Å². The Balaban J connectivity index is 1.96. The monoisotopic (exact) mass is 387 g/mol. The Labute approximate surface area is 161 Å². The normalized spacial score (nSPS) is 15.4. The lowest BCUT2D eigenvalue weighted by atomic mass is 10.2. The summed E-state index contributed by atoms with van der Waals surface area (Å²) in [5, 5.41) is 3.10. The predicted octanol–water partition coefficient (Wildman–Crippen LogP) is 2.81. The fraction of sp³-hybridized carbons (Fsp3) is 0.211. The molecule has 0 radical (unpaired) electrons. The Morgan fingerprint density at radius 2 is 1.96 bits per heavy atom. The van der Waals surface area contributed by atoms with Gasteiger partial charge in [0.15, 0.2) is 0 Å². The van der Waals surface area contributed by atoms with Crippen LogP contribution >= 0.6 is 11.6 Å². The highest BCUT2D eigenvalue weighted by atomic mass is 35.5. The van der Waals surface area contributed by atoms with Crippen LogP contribution < -0.4 is 5.32 Å². The average Bonchev–Trinajstić information content (AvgIpc) is 3.06. The van der Waals surface area contributed by atoms with Gasteiger partial charge in [-0.25, -0.2) is 9.69 Å². The lowest BCUT2D eigenvalue weighted by Crippen LogP contribution is -2.36. The van der Waals surface area contributed by atoms with E-state index in [0.717, 1.165) is 27.5 Å². The third-order valence-corrected chi connectivity index (χ3v) is 4.66. The van der Waals surface area contributed by atoms with Crippen LogP contribution in [0.2, 0.25) is 5.02 Å². The Hall–Kier alpha value is -3.06. The molecule has 0 atom stereocenters. The SMILES string of the molecule is COC(=O)CN1C(=O)N/C(=C/c2cc(C)n(-c3ccccc3Cl)c2C)C1=O. The zero-order valence-electron chi connectivity index (χ0n) is 15.1. The number of methoxy groups -OCH3 is 1. The van der Waals surface area contributed by atoms with Gasteiger partial charge in [-0.3, -0.25) is 9.59 Å². The average molecular weight is 388 g/mol. The molecular weight excluding hydrogens is 370 g/mol. The van der Waals surface area contributed by atoms with Gasteiger partial charge in [0.2, 0.25) is 0 Å². The van der Waals surface area contributed by atoms with Crippen LogP contribution in [0.1, 0.15) is 17.0 Å². The largest absolute Gasteiger partial charge is 0.468 e. The van der Waals surface area contributed by atoms with Gasteiger partial charge in [0, 0.05) is 11.4 Å². The molecule has 1 aromatic heterocycles. The molecule has 0 saturated carbocycles. The summed E-state index contributed by atoms with van der Waals surface area (Å²) in [6.07, 6.45) is 1.59. The number of para-hydroxylation sites is 1. The number of aromatic nitrogens is 1. The first-order valence-electron chi connectivity index (χ1n) is 8.18. The van der Waals surface area contributed by atoms with E-state index in [1.165, 1.54) is 7.11 Å². The molecule has 1 aromatic carbocycles. The number of imide groups is 1. The maximum Gasteiger partial charge on any atom is 0.329 e. The van der Waals surface area contributed by atoms with Crippen molar-refractivity contribution in [3.8, 4) is 5.69 Å². The highest BCUT2D eigenvalue weighted by molar-refractivity contribution is 6.32. The Morgan fingerprint density at radius 1 is 1.26 bits per heavy atom. The second-order valence-electron chi connectivity index (χ2n) is 6.07. The van der Waals surface area contributed by atoms with Crippen molar-refractivity contribution in [3.05, 3.63) is 58.0 Å². The summed E-state index contributed by atoms with van der Waals surface area (Å²) < 4.78 is 6.49. The molecule has 2 aromatic rings. The molecule has 1 fully saturated rings. The van der Waals surface area contributed by atoms with E-state index in [9.17, 15) is 14.4 Å². The van der Waals surface area contributed by atoms with E-state index in [1.807, 2.05) is 42.7 Å². The summed E-state index contributed by atoms with van der Waals surface area (Å²) in [7, 11) is 1.20. The van der Waals surface area contributed by atoms with E-state index >= 15 is 0 Å². The third kappa shape index (κ3) is 3.46. The van der Waals surface area contributed by atoms with Crippen LogP contribution in [0.5, 0.6) is 0 Å².